The third-order valence-corrected chi connectivity index (χ3v) is 6.73. The quantitative estimate of drug-likeness (QED) is 0.268. The van der Waals surface area contributed by atoms with Gasteiger partial charge in [-0.05, 0) is 35.0 Å². The van der Waals surface area contributed by atoms with Gasteiger partial charge in [0.15, 0.2) is 27.8 Å². The molecular weight excluding hydrogens is 498 g/mol. The first kappa shape index (κ1) is 21.9. The third kappa shape index (κ3) is 3.35. The van der Waals surface area contributed by atoms with Crippen molar-refractivity contribution in [2.24, 2.45) is 0 Å². The van der Waals surface area contributed by atoms with Gasteiger partial charge in [0.25, 0.3) is 0 Å². The Kier molecular flexibility index (Phi) is 5.39. The number of ether oxygens (including phenoxy) is 2. The number of nitrogen functional groups attached to an aromatic ring is 1. The van der Waals surface area contributed by atoms with E-state index in [1.807, 2.05) is 6.92 Å². The van der Waals surface area contributed by atoms with Crippen molar-refractivity contribution in [3.8, 4) is 5.75 Å². The molecule has 1 saturated heterocycles. The van der Waals surface area contributed by atoms with Crippen LogP contribution in [0.4, 0.5) is 5.82 Å². The number of aromatic nitrogens is 4. The molecule has 14 heteroatoms. The fraction of sp³-hybridized carbons (Fsp3) is 0.353. The topological polar surface area (TPSA) is 183 Å². The second-order valence-electron chi connectivity index (χ2n) is 6.93. The molecule has 3 aromatic rings. The lowest BCUT2D eigenvalue weighted by molar-refractivity contribution is -0.0855. The van der Waals surface area contributed by atoms with Gasteiger partial charge in [0.1, 0.15) is 24.3 Å². The molecule has 4 atom stereocenters. The zero-order chi connectivity index (χ0) is 22.6. The first-order valence-corrected chi connectivity index (χ1v) is 11.2. The minimum Gasteiger partial charge on any atom is -0.481 e. The molecule has 1 fully saturated rings. The van der Waals surface area contributed by atoms with Gasteiger partial charge in [0.2, 0.25) is 0 Å². The number of rotatable bonds is 5. The molecule has 2 aromatic heterocycles. The summed E-state index contributed by atoms with van der Waals surface area (Å²) < 4.78 is 48.1. The van der Waals surface area contributed by atoms with Crippen LogP contribution in [0, 0.1) is 6.92 Å². The number of nitrogens with zero attached hydrogens (tertiary/aromatic N) is 4. The van der Waals surface area contributed by atoms with E-state index >= 15 is 0 Å². The summed E-state index contributed by atoms with van der Waals surface area (Å²) in [4.78, 5) is 11.9. The first-order valence-electron chi connectivity index (χ1n) is 8.92. The van der Waals surface area contributed by atoms with Crippen LogP contribution in [0.2, 0.25) is 0 Å². The summed E-state index contributed by atoms with van der Waals surface area (Å²) in [6.45, 7) is 1.09. The van der Waals surface area contributed by atoms with E-state index in [-0.39, 0.29) is 27.5 Å². The van der Waals surface area contributed by atoms with Gasteiger partial charge in [0, 0.05) is 0 Å². The number of imidazole rings is 1. The van der Waals surface area contributed by atoms with Gasteiger partial charge in [-0.3, -0.25) is 9.12 Å². The highest BCUT2D eigenvalue weighted by Crippen LogP contribution is 2.45. The van der Waals surface area contributed by atoms with E-state index in [0.717, 1.165) is 16.5 Å². The fourth-order valence-corrected chi connectivity index (χ4v) is 5.34. The Labute approximate surface area is 184 Å². The zero-order valence-electron chi connectivity index (χ0n) is 16.0. The van der Waals surface area contributed by atoms with Crippen LogP contribution in [0.1, 0.15) is 5.56 Å². The Morgan fingerprint density at radius 3 is 2.61 bits per heavy atom. The van der Waals surface area contributed by atoms with Crippen molar-refractivity contribution in [1.29, 1.82) is 0 Å². The van der Waals surface area contributed by atoms with Gasteiger partial charge in [-0.2, -0.15) is 8.42 Å². The van der Waals surface area contributed by atoms with Gasteiger partial charge in [0.05, 0.1) is 6.61 Å². The summed E-state index contributed by atoms with van der Waals surface area (Å²) in [6.07, 6.45) is -3.73. The van der Waals surface area contributed by atoms with E-state index in [2.05, 4.69) is 30.9 Å². The van der Waals surface area contributed by atoms with Crippen molar-refractivity contribution in [2.75, 3.05) is 12.3 Å². The van der Waals surface area contributed by atoms with Crippen molar-refractivity contribution < 1.29 is 32.7 Å². The van der Waals surface area contributed by atoms with Crippen molar-refractivity contribution in [1.82, 2.24) is 19.5 Å². The molecule has 0 radical (unpaired) electrons. The van der Waals surface area contributed by atoms with Crippen LogP contribution in [0.5, 0.6) is 5.75 Å². The van der Waals surface area contributed by atoms with Crippen LogP contribution in [0.15, 0.2) is 35.3 Å². The Balaban J connectivity index is 1.99. The van der Waals surface area contributed by atoms with E-state index in [1.54, 1.807) is 24.3 Å². The van der Waals surface area contributed by atoms with Gasteiger partial charge >= 0.3 is 15.2 Å². The summed E-state index contributed by atoms with van der Waals surface area (Å²) in [6, 6.07) is 6.55. The molecule has 4 rings (SSSR count). The highest BCUT2D eigenvalue weighted by molar-refractivity contribution is 9.10. The number of aryl methyl sites for hydroxylation is 1. The maximum absolute atomic E-state index is 12.8. The van der Waals surface area contributed by atoms with Gasteiger partial charge in [-0.15, -0.1) is 0 Å². The minimum absolute atomic E-state index is 0.0250. The molecule has 12 nitrogen and oxygen atoms in total. The molecule has 0 saturated carbocycles. The largest absolute Gasteiger partial charge is 0.481 e. The Morgan fingerprint density at radius 1 is 1.32 bits per heavy atom. The van der Waals surface area contributed by atoms with Gasteiger partial charge < -0.3 is 25.4 Å². The first-order chi connectivity index (χ1) is 14.6. The molecule has 0 bridgehead atoms. The molecule has 0 aliphatic carbocycles. The Hall–Kier alpha value is -2.36. The van der Waals surface area contributed by atoms with Crippen LogP contribution >= 0.6 is 15.9 Å². The number of aliphatic hydroxyl groups is 2. The smallest absolute Gasteiger partial charge is 0.320 e. The van der Waals surface area contributed by atoms with Crippen LogP contribution in [0.25, 0.3) is 11.2 Å². The molecule has 166 valence electrons. The number of fused-ring (bicyclic) bond motifs is 1. The summed E-state index contributed by atoms with van der Waals surface area (Å²) >= 11 is 3.14. The van der Waals surface area contributed by atoms with Crippen molar-refractivity contribution in [3.05, 3.63) is 40.9 Å². The molecule has 1 aliphatic rings. The highest BCUT2D eigenvalue weighted by atomic mass is 79.9. The average Bonchev–Trinajstić information content (AvgIpc) is 3.19. The average molecular weight is 516 g/mol. The summed E-state index contributed by atoms with van der Waals surface area (Å²) in [5.74, 6) is 0.141. The SMILES string of the molecule is Cc1ccc(O[C@@H]2[C@H](O)[C@@H](CO)O[C@]2(n2c(Br)nc3c(N)ncnc32)S(=O)(=O)O)cc1. The molecule has 0 amide bonds. The monoisotopic (exact) mass is 515 g/mol. The van der Waals surface area contributed by atoms with Crippen LogP contribution in [-0.4, -0.2) is 67.6 Å². The maximum Gasteiger partial charge on any atom is 0.320 e. The number of nitrogens with two attached hydrogens (primary N) is 1. The predicted molar refractivity (Wildman–Crippen MR) is 111 cm³/mol. The van der Waals surface area contributed by atoms with E-state index < -0.39 is 40.1 Å². The predicted octanol–water partition coefficient (Wildman–Crippen LogP) is 0.177. The number of aliphatic hydroxyl groups excluding tert-OH is 2. The number of halogens is 1. The second-order valence-corrected chi connectivity index (χ2v) is 9.18. The van der Waals surface area contributed by atoms with E-state index in [9.17, 15) is 23.2 Å². The lowest BCUT2D eigenvalue weighted by atomic mass is 10.1. The van der Waals surface area contributed by atoms with Crippen molar-refractivity contribution >= 4 is 43.0 Å². The summed E-state index contributed by atoms with van der Waals surface area (Å²) in [7, 11) is -5.19. The Morgan fingerprint density at radius 2 is 2.00 bits per heavy atom. The molecule has 31 heavy (non-hydrogen) atoms. The standard InChI is InChI=1S/C17H18BrN5O7S/c1-8-2-4-9(5-3-8)29-13-12(25)10(6-24)30-17(13,31(26,27)28)23-15-11(22-16(23)18)14(19)20-7-21-15/h2-5,7,10,12-13,24-25H,6H2,1H3,(H2,19,20,21)(H,26,27,28)/t10-,12-,13-,17+/m1/s1. The van der Waals surface area contributed by atoms with Crippen molar-refractivity contribution in [3.63, 3.8) is 0 Å². The van der Waals surface area contributed by atoms with E-state index in [1.165, 1.54) is 0 Å². The molecule has 5 N–H and O–H groups in total. The third-order valence-electron chi connectivity index (χ3n) is 4.95. The number of benzene rings is 1. The molecule has 0 spiro atoms. The lowest BCUT2D eigenvalue weighted by Gasteiger charge is -2.33. The normalized spacial score (nSPS) is 26.4. The van der Waals surface area contributed by atoms with Crippen LogP contribution < -0.4 is 10.5 Å². The van der Waals surface area contributed by atoms with Crippen LogP contribution in [-0.2, 0) is 19.9 Å². The number of hydrogen-bond acceptors (Lipinski definition) is 10. The molecular formula is C17H18BrN5O7S. The van der Waals surface area contributed by atoms with Crippen molar-refractivity contribution in [2.45, 2.75) is 30.3 Å². The molecule has 0 unspecified atom stereocenters. The van der Waals surface area contributed by atoms with Gasteiger partial charge in [-0.25, -0.2) is 15.0 Å². The number of anilines is 1. The van der Waals surface area contributed by atoms with Crippen LogP contribution in [0.3, 0.4) is 0 Å². The van der Waals surface area contributed by atoms with E-state index in [4.69, 9.17) is 15.2 Å². The maximum atomic E-state index is 12.8. The molecule has 1 aromatic carbocycles. The molecule has 3 heterocycles. The fourth-order valence-electron chi connectivity index (χ4n) is 3.48. The highest BCUT2D eigenvalue weighted by Gasteiger charge is 2.67. The van der Waals surface area contributed by atoms with E-state index in [0.29, 0.717) is 0 Å². The second kappa shape index (κ2) is 7.65. The Bertz CT molecular complexity index is 1240. The van der Waals surface area contributed by atoms with Gasteiger partial charge in [-0.1, -0.05) is 17.7 Å². The zero-order valence-corrected chi connectivity index (χ0v) is 18.4. The lowest BCUT2D eigenvalue weighted by Crippen LogP contribution is -2.54. The number of hydrogen-bond donors (Lipinski definition) is 4. The minimum atomic E-state index is -5.19. The summed E-state index contributed by atoms with van der Waals surface area (Å²) in [5, 5.41) is 17.7. The molecule has 1 aliphatic heterocycles. The summed E-state index contributed by atoms with van der Waals surface area (Å²) in [5.41, 5.74) is 6.65.